The fourth-order valence-corrected chi connectivity index (χ4v) is 4.10. The molecule has 3 rings (SSSR count). The largest absolute Gasteiger partial charge is 0.340 e. The van der Waals surface area contributed by atoms with Crippen LogP contribution in [0.15, 0.2) is 0 Å². The van der Waals surface area contributed by atoms with Crippen molar-refractivity contribution in [3.8, 4) is 0 Å². The van der Waals surface area contributed by atoms with Crippen molar-refractivity contribution < 1.29 is 9.59 Å². The molecule has 2 saturated heterocycles. The van der Waals surface area contributed by atoms with Gasteiger partial charge in [-0.05, 0) is 32.1 Å². The second-order valence-corrected chi connectivity index (χ2v) is 7.64. The van der Waals surface area contributed by atoms with Crippen molar-refractivity contribution in [2.75, 3.05) is 32.7 Å². The van der Waals surface area contributed by atoms with Gasteiger partial charge in [0, 0.05) is 44.7 Å². The maximum absolute atomic E-state index is 13.0. The van der Waals surface area contributed by atoms with E-state index in [1.54, 1.807) is 0 Å². The molecule has 0 aromatic carbocycles. The Balaban J connectivity index is 1.59. The van der Waals surface area contributed by atoms with E-state index in [0.29, 0.717) is 0 Å². The van der Waals surface area contributed by atoms with Crippen molar-refractivity contribution in [1.29, 1.82) is 0 Å². The third kappa shape index (κ3) is 3.54. The van der Waals surface area contributed by atoms with Gasteiger partial charge in [-0.25, -0.2) is 0 Å². The molecule has 0 unspecified atom stereocenters. The smallest absolute Gasteiger partial charge is 0.245 e. The van der Waals surface area contributed by atoms with Gasteiger partial charge < -0.3 is 9.80 Å². The highest BCUT2D eigenvalue weighted by Crippen LogP contribution is 2.26. The van der Waals surface area contributed by atoms with Gasteiger partial charge in [-0.3, -0.25) is 14.5 Å². The molecule has 1 atom stereocenters. The Morgan fingerprint density at radius 3 is 2.30 bits per heavy atom. The molecule has 0 aromatic rings. The number of nitrogens with zero attached hydrogens (tertiary/aromatic N) is 3. The second-order valence-electron chi connectivity index (χ2n) is 7.64. The van der Waals surface area contributed by atoms with Crippen LogP contribution in [0.3, 0.4) is 0 Å². The lowest BCUT2D eigenvalue weighted by Crippen LogP contribution is -2.50. The average Bonchev–Trinajstić information content (AvgIpc) is 2.84. The van der Waals surface area contributed by atoms with E-state index in [4.69, 9.17) is 0 Å². The fourth-order valence-electron chi connectivity index (χ4n) is 4.10. The number of amides is 2. The zero-order valence-corrected chi connectivity index (χ0v) is 14.7. The van der Waals surface area contributed by atoms with E-state index in [1.165, 1.54) is 19.3 Å². The lowest BCUT2D eigenvalue weighted by molar-refractivity contribution is -0.145. The maximum Gasteiger partial charge on any atom is 0.245 e. The van der Waals surface area contributed by atoms with Crippen molar-refractivity contribution in [3.05, 3.63) is 0 Å². The fraction of sp³-hybridized carbons (Fsp3) is 0.889. The molecule has 3 aliphatic rings. The van der Waals surface area contributed by atoms with Crippen LogP contribution in [0.2, 0.25) is 0 Å². The summed E-state index contributed by atoms with van der Waals surface area (Å²) in [5.41, 5.74) is 0. The standard InChI is InChI=1S/C18H31N3O2/c1-14(2)17(22)21-11-4-8-16(21)18(23)20-10-5-9-19(12-13-20)15-6-3-7-15/h14-16H,3-13H2,1-2H3/t16-/m1/s1. The molecule has 0 bridgehead atoms. The quantitative estimate of drug-likeness (QED) is 0.795. The van der Waals surface area contributed by atoms with E-state index in [9.17, 15) is 9.59 Å². The summed E-state index contributed by atoms with van der Waals surface area (Å²) < 4.78 is 0. The van der Waals surface area contributed by atoms with Crippen LogP contribution >= 0.6 is 0 Å². The number of carbonyl (C=O) groups is 2. The van der Waals surface area contributed by atoms with Crippen molar-refractivity contribution in [3.63, 3.8) is 0 Å². The Bertz CT molecular complexity index is 448. The summed E-state index contributed by atoms with van der Waals surface area (Å²) in [5.74, 6) is 0.292. The number of hydrogen-bond acceptors (Lipinski definition) is 3. The van der Waals surface area contributed by atoms with Gasteiger partial charge in [-0.1, -0.05) is 20.3 Å². The predicted octanol–water partition coefficient (Wildman–Crippen LogP) is 1.72. The molecule has 0 radical (unpaired) electrons. The molecule has 1 aliphatic carbocycles. The highest BCUT2D eigenvalue weighted by atomic mass is 16.2. The average molecular weight is 321 g/mol. The molecule has 1 saturated carbocycles. The first-order chi connectivity index (χ1) is 11.1. The van der Waals surface area contributed by atoms with Gasteiger partial charge in [0.15, 0.2) is 0 Å². The van der Waals surface area contributed by atoms with Gasteiger partial charge in [0.05, 0.1) is 0 Å². The van der Waals surface area contributed by atoms with Crippen LogP contribution in [0.4, 0.5) is 0 Å². The van der Waals surface area contributed by atoms with E-state index < -0.39 is 0 Å². The minimum atomic E-state index is -0.208. The summed E-state index contributed by atoms with van der Waals surface area (Å²) in [4.78, 5) is 31.7. The summed E-state index contributed by atoms with van der Waals surface area (Å²) in [6.45, 7) is 8.39. The maximum atomic E-state index is 13.0. The predicted molar refractivity (Wildman–Crippen MR) is 90.0 cm³/mol. The third-order valence-corrected chi connectivity index (χ3v) is 5.75. The Kier molecular flexibility index (Phi) is 5.24. The van der Waals surface area contributed by atoms with Crippen LogP contribution in [-0.2, 0) is 9.59 Å². The summed E-state index contributed by atoms with van der Waals surface area (Å²) in [6, 6.07) is 0.552. The lowest BCUT2D eigenvalue weighted by Gasteiger charge is -2.37. The molecule has 2 heterocycles. The van der Waals surface area contributed by atoms with Crippen molar-refractivity contribution in [2.45, 2.75) is 64.5 Å². The normalized spacial score (nSPS) is 27.2. The van der Waals surface area contributed by atoms with Crippen LogP contribution in [0, 0.1) is 5.92 Å². The summed E-state index contributed by atoms with van der Waals surface area (Å²) in [6.07, 6.45) is 6.86. The van der Waals surface area contributed by atoms with E-state index in [0.717, 1.165) is 58.0 Å². The summed E-state index contributed by atoms with van der Waals surface area (Å²) in [5, 5.41) is 0. The Morgan fingerprint density at radius 1 is 0.870 bits per heavy atom. The topological polar surface area (TPSA) is 43.9 Å². The molecule has 3 fully saturated rings. The van der Waals surface area contributed by atoms with Crippen LogP contribution in [0.25, 0.3) is 0 Å². The van der Waals surface area contributed by atoms with Crippen LogP contribution in [-0.4, -0.2) is 71.3 Å². The Morgan fingerprint density at radius 2 is 1.65 bits per heavy atom. The van der Waals surface area contributed by atoms with Crippen LogP contribution in [0.5, 0.6) is 0 Å². The number of likely N-dealkylation sites (tertiary alicyclic amines) is 1. The zero-order chi connectivity index (χ0) is 16.4. The Labute approximate surface area is 140 Å². The van der Waals surface area contributed by atoms with Crippen molar-refractivity contribution in [2.24, 2.45) is 5.92 Å². The van der Waals surface area contributed by atoms with Gasteiger partial charge in [-0.15, -0.1) is 0 Å². The third-order valence-electron chi connectivity index (χ3n) is 5.75. The number of hydrogen-bond donors (Lipinski definition) is 0. The molecule has 0 N–H and O–H groups in total. The van der Waals surface area contributed by atoms with E-state index in [-0.39, 0.29) is 23.8 Å². The van der Waals surface area contributed by atoms with Crippen LogP contribution < -0.4 is 0 Å². The van der Waals surface area contributed by atoms with Gasteiger partial charge in [-0.2, -0.15) is 0 Å². The molecule has 130 valence electrons. The molecular weight excluding hydrogens is 290 g/mol. The number of rotatable bonds is 3. The Hall–Kier alpha value is -1.10. The minimum Gasteiger partial charge on any atom is -0.340 e. The van der Waals surface area contributed by atoms with E-state index in [2.05, 4.69) is 4.90 Å². The first kappa shape index (κ1) is 16.7. The van der Waals surface area contributed by atoms with E-state index in [1.807, 2.05) is 23.6 Å². The monoisotopic (exact) mass is 321 g/mol. The molecule has 0 aromatic heterocycles. The van der Waals surface area contributed by atoms with Gasteiger partial charge >= 0.3 is 0 Å². The molecular formula is C18H31N3O2. The lowest BCUT2D eigenvalue weighted by atomic mass is 9.91. The summed E-state index contributed by atoms with van der Waals surface area (Å²) >= 11 is 0. The molecule has 5 heteroatoms. The van der Waals surface area contributed by atoms with Gasteiger partial charge in [0.2, 0.25) is 11.8 Å². The summed E-state index contributed by atoms with van der Waals surface area (Å²) in [7, 11) is 0. The van der Waals surface area contributed by atoms with Crippen molar-refractivity contribution in [1.82, 2.24) is 14.7 Å². The van der Waals surface area contributed by atoms with E-state index >= 15 is 0 Å². The minimum absolute atomic E-state index is 0.0263. The van der Waals surface area contributed by atoms with Crippen molar-refractivity contribution >= 4 is 11.8 Å². The molecule has 5 nitrogen and oxygen atoms in total. The molecule has 23 heavy (non-hydrogen) atoms. The van der Waals surface area contributed by atoms with Gasteiger partial charge in [0.1, 0.15) is 6.04 Å². The van der Waals surface area contributed by atoms with Crippen LogP contribution in [0.1, 0.15) is 52.4 Å². The molecule has 2 amide bonds. The first-order valence-electron chi connectivity index (χ1n) is 9.41. The van der Waals surface area contributed by atoms with Gasteiger partial charge in [0.25, 0.3) is 0 Å². The first-order valence-corrected chi connectivity index (χ1v) is 9.41. The SMILES string of the molecule is CC(C)C(=O)N1CCC[C@@H]1C(=O)N1CCCN(C2CCC2)CC1. The number of carbonyl (C=O) groups excluding carboxylic acids is 2. The highest BCUT2D eigenvalue weighted by Gasteiger charge is 2.38. The zero-order valence-electron chi connectivity index (χ0n) is 14.7. The second kappa shape index (κ2) is 7.20. The molecule has 0 spiro atoms. The highest BCUT2D eigenvalue weighted by molar-refractivity contribution is 5.89. The molecule has 2 aliphatic heterocycles.